The third kappa shape index (κ3) is 2.76. The molecule has 1 aromatic carbocycles. The van der Waals surface area contributed by atoms with Gasteiger partial charge in [0.05, 0.1) is 0 Å². The minimum Gasteiger partial charge on any atom is -0.362 e. The molecule has 0 aliphatic rings. The van der Waals surface area contributed by atoms with Gasteiger partial charge in [-0.05, 0) is 25.3 Å². The summed E-state index contributed by atoms with van der Waals surface area (Å²) in [6.07, 6.45) is 3.73. The average molecular weight is 162 g/mol. The summed E-state index contributed by atoms with van der Waals surface area (Å²) in [6, 6.07) is 8.21. The Morgan fingerprint density at radius 1 is 1.33 bits per heavy atom. The number of nitrogens with one attached hydrogen (secondary N) is 1. The van der Waals surface area contributed by atoms with E-state index in [2.05, 4.69) is 24.4 Å². The molecule has 0 saturated heterocycles. The van der Waals surface area contributed by atoms with Crippen molar-refractivity contribution in [2.45, 2.75) is 6.92 Å². The van der Waals surface area contributed by atoms with E-state index in [0.717, 1.165) is 5.69 Å². The third-order valence-corrected chi connectivity index (χ3v) is 1.56. The highest BCUT2D eigenvalue weighted by molar-refractivity contribution is 5.46. The maximum Gasteiger partial charge on any atom is 0.0379 e. The molecule has 1 aromatic rings. The van der Waals surface area contributed by atoms with E-state index in [0.29, 0.717) is 6.54 Å². The van der Waals surface area contributed by atoms with Gasteiger partial charge >= 0.3 is 0 Å². The van der Waals surface area contributed by atoms with Crippen LogP contribution in [0.1, 0.15) is 5.56 Å². The number of hydrogen-bond acceptors (Lipinski definition) is 2. The maximum absolute atomic E-state index is 5.29. The predicted octanol–water partition coefficient (Wildman–Crippen LogP) is 1.88. The van der Waals surface area contributed by atoms with Crippen molar-refractivity contribution in [2.75, 3.05) is 11.9 Å². The van der Waals surface area contributed by atoms with Crippen molar-refractivity contribution >= 4 is 5.69 Å². The Hall–Kier alpha value is -1.28. The minimum absolute atomic E-state index is 0.568. The Morgan fingerprint density at radius 3 is 2.58 bits per heavy atom. The van der Waals surface area contributed by atoms with Crippen LogP contribution in [0.15, 0.2) is 36.5 Å². The van der Waals surface area contributed by atoms with Crippen molar-refractivity contribution in [3.8, 4) is 0 Å². The van der Waals surface area contributed by atoms with E-state index in [1.165, 1.54) is 5.56 Å². The van der Waals surface area contributed by atoms with Gasteiger partial charge in [-0.25, -0.2) is 0 Å². The van der Waals surface area contributed by atoms with Crippen LogP contribution in [0.3, 0.4) is 0 Å². The van der Waals surface area contributed by atoms with Gasteiger partial charge in [-0.1, -0.05) is 23.8 Å². The van der Waals surface area contributed by atoms with Crippen LogP contribution in [0.2, 0.25) is 0 Å². The minimum atomic E-state index is 0.568. The Balaban J connectivity index is 2.53. The molecule has 0 radical (unpaired) electrons. The van der Waals surface area contributed by atoms with Crippen LogP contribution < -0.4 is 11.1 Å². The summed E-state index contributed by atoms with van der Waals surface area (Å²) >= 11 is 0. The van der Waals surface area contributed by atoms with Crippen molar-refractivity contribution < 1.29 is 0 Å². The third-order valence-electron chi connectivity index (χ3n) is 1.56. The average Bonchev–Trinajstić information content (AvgIpc) is 2.09. The quantitative estimate of drug-likeness (QED) is 0.712. The summed E-state index contributed by atoms with van der Waals surface area (Å²) in [6.45, 7) is 2.64. The van der Waals surface area contributed by atoms with Gasteiger partial charge in [-0.3, -0.25) is 0 Å². The lowest BCUT2D eigenvalue weighted by atomic mass is 10.2. The highest BCUT2D eigenvalue weighted by Crippen LogP contribution is 2.07. The summed E-state index contributed by atoms with van der Waals surface area (Å²) in [7, 11) is 0. The first kappa shape index (κ1) is 8.81. The van der Waals surface area contributed by atoms with Crippen molar-refractivity contribution in [3.63, 3.8) is 0 Å². The van der Waals surface area contributed by atoms with E-state index in [1.54, 1.807) is 0 Å². The molecule has 0 aromatic heterocycles. The van der Waals surface area contributed by atoms with E-state index in [1.807, 2.05) is 24.4 Å². The SMILES string of the molecule is Cc1ccc(N/C=C\CN)cc1. The number of benzene rings is 1. The number of aryl methyl sites for hydroxylation is 1. The van der Waals surface area contributed by atoms with E-state index in [9.17, 15) is 0 Å². The highest BCUT2D eigenvalue weighted by atomic mass is 14.8. The fourth-order valence-electron chi connectivity index (χ4n) is 0.873. The lowest BCUT2D eigenvalue weighted by Crippen LogP contribution is -1.95. The van der Waals surface area contributed by atoms with Crippen LogP contribution in [0, 0.1) is 6.92 Å². The van der Waals surface area contributed by atoms with Crippen molar-refractivity contribution in [2.24, 2.45) is 5.73 Å². The van der Waals surface area contributed by atoms with Gasteiger partial charge in [0.1, 0.15) is 0 Å². The smallest absolute Gasteiger partial charge is 0.0379 e. The van der Waals surface area contributed by atoms with Crippen LogP contribution >= 0.6 is 0 Å². The number of anilines is 1. The second-order valence-corrected chi connectivity index (χ2v) is 2.65. The van der Waals surface area contributed by atoms with Gasteiger partial charge in [0, 0.05) is 12.2 Å². The van der Waals surface area contributed by atoms with Crippen LogP contribution in [0.5, 0.6) is 0 Å². The first-order valence-electron chi connectivity index (χ1n) is 4.01. The zero-order valence-corrected chi connectivity index (χ0v) is 7.25. The molecule has 0 bridgehead atoms. The lowest BCUT2D eigenvalue weighted by Gasteiger charge is -1.99. The Morgan fingerprint density at radius 2 is 2.00 bits per heavy atom. The summed E-state index contributed by atoms with van der Waals surface area (Å²) in [5.74, 6) is 0. The van der Waals surface area contributed by atoms with Gasteiger partial charge in [0.15, 0.2) is 0 Å². The number of nitrogens with two attached hydrogens (primary N) is 1. The van der Waals surface area contributed by atoms with Crippen LogP contribution in [-0.4, -0.2) is 6.54 Å². The normalized spacial score (nSPS) is 10.5. The largest absolute Gasteiger partial charge is 0.362 e. The topological polar surface area (TPSA) is 38.0 Å². The highest BCUT2D eigenvalue weighted by Gasteiger charge is 1.85. The molecular weight excluding hydrogens is 148 g/mol. The van der Waals surface area contributed by atoms with Gasteiger partial charge < -0.3 is 11.1 Å². The van der Waals surface area contributed by atoms with Crippen molar-refractivity contribution in [3.05, 3.63) is 42.1 Å². The molecule has 0 heterocycles. The maximum atomic E-state index is 5.29. The zero-order valence-electron chi connectivity index (χ0n) is 7.25. The fraction of sp³-hybridized carbons (Fsp3) is 0.200. The fourth-order valence-corrected chi connectivity index (χ4v) is 0.873. The molecule has 0 fully saturated rings. The molecule has 2 nitrogen and oxygen atoms in total. The van der Waals surface area contributed by atoms with E-state index >= 15 is 0 Å². The summed E-state index contributed by atoms with van der Waals surface area (Å²) in [4.78, 5) is 0. The molecule has 0 aliphatic carbocycles. The standard InChI is InChI=1S/C10H14N2/c1-9-3-5-10(6-4-9)12-8-2-7-11/h2-6,8,12H,7,11H2,1H3/b8-2-. The monoisotopic (exact) mass is 162 g/mol. The Kier molecular flexibility index (Phi) is 3.35. The summed E-state index contributed by atoms with van der Waals surface area (Å²) in [5, 5.41) is 3.11. The Labute approximate surface area is 73.1 Å². The summed E-state index contributed by atoms with van der Waals surface area (Å²) in [5.41, 5.74) is 7.65. The van der Waals surface area contributed by atoms with Crippen molar-refractivity contribution in [1.29, 1.82) is 0 Å². The molecule has 1 rings (SSSR count). The van der Waals surface area contributed by atoms with Gasteiger partial charge in [0.2, 0.25) is 0 Å². The van der Waals surface area contributed by atoms with E-state index in [4.69, 9.17) is 5.73 Å². The molecule has 0 amide bonds. The van der Waals surface area contributed by atoms with Crippen molar-refractivity contribution in [1.82, 2.24) is 0 Å². The molecule has 3 N–H and O–H groups in total. The Bertz CT molecular complexity index is 249. The molecular formula is C10H14N2. The number of rotatable bonds is 3. The zero-order chi connectivity index (χ0) is 8.81. The molecule has 12 heavy (non-hydrogen) atoms. The van der Waals surface area contributed by atoms with Crippen LogP contribution in [0.25, 0.3) is 0 Å². The second kappa shape index (κ2) is 4.57. The van der Waals surface area contributed by atoms with Crippen LogP contribution in [0.4, 0.5) is 5.69 Å². The molecule has 64 valence electrons. The van der Waals surface area contributed by atoms with Gasteiger partial charge in [-0.2, -0.15) is 0 Å². The summed E-state index contributed by atoms with van der Waals surface area (Å²) < 4.78 is 0. The molecule has 2 heteroatoms. The van der Waals surface area contributed by atoms with Crippen LogP contribution in [-0.2, 0) is 0 Å². The first-order valence-corrected chi connectivity index (χ1v) is 4.01. The molecule has 0 spiro atoms. The predicted molar refractivity (Wildman–Crippen MR) is 53.0 cm³/mol. The molecule has 0 atom stereocenters. The number of hydrogen-bond donors (Lipinski definition) is 2. The van der Waals surface area contributed by atoms with E-state index < -0.39 is 0 Å². The van der Waals surface area contributed by atoms with E-state index in [-0.39, 0.29) is 0 Å². The first-order chi connectivity index (χ1) is 5.83. The molecule has 0 saturated carbocycles. The lowest BCUT2D eigenvalue weighted by molar-refractivity contribution is 1.25. The van der Waals surface area contributed by atoms with Gasteiger partial charge in [0.25, 0.3) is 0 Å². The molecule has 0 aliphatic heterocycles. The molecule has 0 unspecified atom stereocenters. The van der Waals surface area contributed by atoms with Gasteiger partial charge in [-0.15, -0.1) is 0 Å². The second-order valence-electron chi connectivity index (χ2n) is 2.65.